The molecule has 1 amide bonds. The molecule has 8 nitrogen and oxygen atoms in total. The normalized spacial score (nSPS) is 26.5. The number of alkyl halides is 3. The third-order valence-electron chi connectivity index (χ3n) is 7.21. The number of rotatable bonds is 2. The number of anilines is 1. The molecule has 37 heavy (non-hydrogen) atoms. The highest BCUT2D eigenvalue weighted by Gasteiger charge is 2.59. The van der Waals surface area contributed by atoms with Gasteiger partial charge < -0.3 is 15.8 Å². The molecular weight excluding hydrogens is 509 g/mol. The molecule has 0 bridgehead atoms. The summed E-state index contributed by atoms with van der Waals surface area (Å²) in [5.74, 6) is -0.154. The van der Waals surface area contributed by atoms with Crippen LogP contribution in [-0.2, 0) is 11.7 Å². The largest absolute Gasteiger partial charge is 0.487 e. The van der Waals surface area contributed by atoms with E-state index < -0.39 is 49.4 Å². The van der Waals surface area contributed by atoms with Crippen LogP contribution in [0.3, 0.4) is 0 Å². The molecule has 12 heteroatoms. The van der Waals surface area contributed by atoms with Crippen molar-refractivity contribution in [3.8, 4) is 5.75 Å². The molecule has 2 aliphatic heterocycles. The van der Waals surface area contributed by atoms with E-state index in [4.69, 9.17) is 15.5 Å². The second kappa shape index (κ2) is 8.34. The Hall–Kier alpha value is -2.83. The molecular formula is C25H31F3N4O4S. The van der Waals surface area contributed by atoms with Gasteiger partial charge in [0.2, 0.25) is 0 Å². The number of carbonyl (C=O) groups is 1. The highest BCUT2D eigenvalue weighted by Crippen LogP contribution is 2.67. The topological polar surface area (TPSA) is 130 Å². The summed E-state index contributed by atoms with van der Waals surface area (Å²) in [6.45, 7) is 10.1. The van der Waals surface area contributed by atoms with Gasteiger partial charge in [0.15, 0.2) is 0 Å². The number of ether oxygens (including phenoxy) is 1. The van der Waals surface area contributed by atoms with Crippen molar-refractivity contribution in [2.24, 2.45) is 10.7 Å². The van der Waals surface area contributed by atoms with Crippen molar-refractivity contribution >= 4 is 28.0 Å². The van der Waals surface area contributed by atoms with E-state index in [0.29, 0.717) is 23.2 Å². The highest BCUT2D eigenvalue weighted by atomic mass is 32.3. The van der Waals surface area contributed by atoms with Gasteiger partial charge in [-0.25, -0.2) is 0 Å². The molecule has 3 heterocycles. The van der Waals surface area contributed by atoms with Crippen molar-refractivity contribution in [2.75, 3.05) is 5.32 Å². The SMILES string of the molecule is Cc1cc(C(F)(F)F)cnc1C(=O)Nc1ccc2c(c1)[C@@]1(C)N=C(N)C(C)(C)S(O)(O)[C@@H]1CC(C)(C)O2. The summed E-state index contributed by atoms with van der Waals surface area (Å²) in [6, 6.07) is 5.72. The average molecular weight is 541 g/mol. The number of aliphatic imine (C=N–C) groups is 1. The Morgan fingerprint density at radius 2 is 1.84 bits per heavy atom. The standard InChI is InChI=1S/C25H31F3N4O4S/c1-13-9-14(25(26,27)28)12-30-19(13)20(33)31-15-7-8-17-16(10-15)24(6)18(11-22(2,3)36-17)37(34,35)23(4,5)21(29)32-24/h7-10,12,18,34-35H,11H2,1-6H3,(H2,29,32)(H,31,33)/t18-,24-/m1/s1. The Bertz CT molecular complexity index is 1310. The number of amides is 1. The molecule has 0 radical (unpaired) electrons. The lowest BCUT2D eigenvalue weighted by molar-refractivity contribution is -0.137. The minimum absolute atomic E-state index is 0.0695. The first-order valence-corrected chi connectivity index (χ1v) is 13.2. The monoisotopic (exact) mass is 540 g/mol. The molecule has 0 saturated carbocycles. The van der Waals surface area contributed by atoms with Gasteiger partial charge in [0.05, 0.1) is 10.8 Å². The van der Waals surface area contributed by atoms with Gasteiger partial charge in [-0.05, 0) is 71.4 Å². The molecule has 0 aliphatic carbocycles. The zero-order valence-electron chi connectivity index (χ0n) is 21.4. The van der Waals surface area contributed by atoms with E-state index in [1.807, 2.05) is 13.8 Å². The number of halogens is 3. The Morgan fingerprint density at radius 3 is 2.43 bits per heavy atom. The van der Waals surface area contributed by atoms with Gasteiger partial charge in [-0.3, -0.25) is 23.9 Å². The molecule has 2 atom stereocenters. The summed E-state index contributed by atoms with van der Waals surface area (Å²) in [6.07, 6.45) is -3.68. The summed E-state index contributed by atoms with van der Waals surface area (Å²) < 4.78 is 67.0. The number of carbonyl (C=O) groups excluding carboxylic acids is 1. The Labute approximate surface area is 214 Å². The molecule has 0 saturated heterocycles. The van der Waals surface area contributed by atoms with Gasteiger partial charge in [0.25, 0.3) is 5.91 Å². The fourth-order valence-corrected chi connectivity index (χ4v) is 7.39. The van der Waals surface area contributed by atoms with E-state index in [1.165, 1.54) is 6.92 Å². The number of nitrogens with zero attached hydrogens (tertiary/aromatic N) is 2. The summed E-state index contributed by atoms with van der Waals surface area (Å²) in [7, 11) is -3.33. The van der Waals surface area contributed by atoms with Crippen molar-refractivity contribution in [1.29, 1.82) is 0 Å². The van der Waals surface area contributed by atoms with Gasteiger partial charge in [0.1, 0.15) is 33.2 Å². The van der Waals surface area contributed by atoms with Crippen LogP contribution in [0.4, 0.5) is 18.9 Å². The molecule has 2 aliphatic rings. The molecule has 4 rings (SSSR count). The lowest BCUT2D eigenvalue weighted by Crippen LogP contribution is -2.57. The maximum atomic E-state index is 13.0. The van der Waals surface area contributed by atoms with Crippen molar-refractivity contribution in [1.82, 2.24) is 4.98 Å². The van der Waals surface area contributed by atoms with E-state index in [2.05, 4.69) is 10.3 Å². The number of amidine groups is 1. The van der Waals surface area contributed by atoms with Crippen molar-refractivity contribution in [3.63, 3.8) is 0 Å². The van der Waals surface area contributed by atoms with Gasteiger partial charge in [-0.1, -0.05) is 0 Å². The number of fused-ring (bicyclic) bond motifs is 3. The van der Waals surface area contributed by atoms with Crippen LogP contribution in [0.15, 0.2) is 35.5 Å². The first kappa shape index (κ1) is 27.2. The first-order valence-electron chi connectivity index (χ1n) is 11.6. The van der Waals surface area contributed by atoms with Crippen LogP contribution in [0.1, 0.15) is 68.2 Å². The Balaban J connectivity index is 1.78. The zero-order valence-corrected chi connectivity index (χ0v) is 22.2. The van der Waals surface area contributed by atoms with E-state index in [-0.39, 0.29) is 23.5 Å². The molecule has 0 unspecified atom stereocenters. The quantitative estimate of drug-likeness (QED) is 0.386. The fraction of sp³-hybridized carbons (Fsp3) is 0.480. The minimum Gasteiger partial charge on any atom is -0.487 e. The van der Waals surface area contributed by atoms with Gasteiger partial charge in [-0.2, -0.15) is 23.8 Å². The lowest BCUT2D eigenvalue weighted by atomic mass is 9.84. The second-order valence-corrected chi connectivity index (χ2v) is 13.6. The lowest BCUT2D eigenvalue weighted by Gasteiger charge is -2.59. The molecule has 1 aromatic heterocycles. The number of hydrogen-bond acceptors (Lipinski definition) is 7. The maximum absolute atomic E-state index is 13.0. The van der Waals surface area contributed by atoms with E-state index in [1.54, 1.807) is 39.0 Å². The first-order chi connectivity index (χ1) is 16.8. The van der Waals surface area contributed by atoms with Gasteiger partial charge >= 0.3 is 6.18 Å². The van der Waals surface area contributed by atoms with Crippen LogP contribution in [-0.4, -0.2) is 41.4 Å². The van der Waals surface area contributed by atoms with Crippen LogP contribution in [0.25, 0.3) is 0 Å². The van der Waals surface area contributed by atoms with Gasteiger partial charge in [0, 0.05) is 23.9 Å². The molecule has 202 valence electrons. The van der Waals surface area contributed by atoms with E-state index in [0.717, 1.165) is 6.07 Å². The molecule has 2 aromatic rings. The van der Waals surface area contributed by atoms with Crippen LogP contribution < -0.4 is 15.8 Å². The second-order valence-electron chi connectivity index (χ2n) is 10.9. The predicted octanol–water partition coefficient (Wildman–Crippen LogP) is 5.71. The number of nitrogens with one attached hydrogen (secondary N) is 1. The number of pyridine rings is 1. The van der Waals surface area contributed by atoms with Crippen LogP contribution in [0.5, 0.6) is 5.75 Å². The third-order valence-corrected chi connectivity index (χ3v) is 10.3. The van der Waals surface area contributed by atoms with Crippen molar-refractivity contribution in [2.45, 2.75) is 75.3 Å². The maximum Gasteiger partial charge on any atom is 0.417 e. The molecule has 0 fully saturated rings. The minimum atomic E-state index is -4.57. The average Bonchev–Trinajstić information content (AvgIpc) is 2.84. The van der Waals surface area contributed by atoms with E-state index in [9.17, 15) is 27.1 Å². The predicted molar refractivity (Wildman–Crippen MR) is 137 cm³/mol. The number of hydrogen-bond donors (Lipinski definition) is 4. The van der Waals surface area contributed by atoms with Crippen LogP contribution >= 0.6 is 10.6 Å². The summed E-state index contributed by atoms with van der Waals surface area (Å²) in [5, 5.41) is 1.93. The molecule has 5 N–H and O–H groups in total. The third kappa shape index (κ3) is 4.44. The van der Waals surface area contributed by atoms with Crippen molar-refractivity contribution in [3.05, 3.63) is 52.8 Å². The Kier molecular flexibility index (Phi) is 6.13. The van der Waals surface area contributed by atoms with Gasteiger partial charge in [-0.15, -0.1) is 0 Å². The molecule has 0 spiro atoms. The highest BCUT2D eigenvalue weighted by molar-refractivity contribution is 8.26. The number of aryl methyl sites for hydroxylation is 1. The summed E-state index contributed by atoms with van der Waals surface area (Å²) in [5.41, 5.74) is 4.08. The number of aromatic nitrogens is 1. The summed E-state index contributed by atoms with van der Waals surface area (Å²) >= 11 is 0. The smallest absolute Gasteiger partial charge is 0.417 e. The number of benzene rings is 1. The fourth-order valence-electron chi connectivity index (χ4n) is 4.87. The number of nitrogens with two attached hydrogens (primary N) is 1. The van der Waals surface area contributed by atoms with Crippen molar-refractivity contribution < 1.29 is 31.8 Å². The molecule has 1 aromatic carbocycles. The summed E-state index contributed by atoms with van der Waals surface area (Å²) in [4.78, 5) is 21.4. The Morgan fingerprint density at radius 1 is 1.19 bits per heavy atom. The zero-order chi connectivity index (χ0) is 27.8. The van der Waals surface area contributed by atoms with E-state index >= 15 is 0 Å². The van der Waals surface area contributed by atoms with Crippen LogP contribution in [0.2, 0.25) is 0 Å². The van der Waals surface area contributed by atoms with Crippen LogP contribution in [0, 0.1) is 6.92 Å².